The summed E-state index contributed by atoms with van der Waals surface area (Å²) in [4.78, 5) is 15.6. The lowest BCUT2D eigenvalue weighted by Crippen LogP contribution is -2.06. The zero-order valence-electron chi connectivity index (χ0n) is 31.5. The van der Waals surface area contributed by atoms with Crippen molar-refractivity contribution in [3.8, 4) is 45.5 Å². The van der Waals surface area contributed by atoms with E-state index >= 15 is 0 Å². The van der Waals surface area contributed by atoms with Crippen molar-refractivity contribution in [2.75, 3.05) is 0 Å². The molecular formula is C52H33N5O. The van der Waals surface area contributed by atoms with Crippen LogP contribution in [0.3, 0.4) is 0 Å². The van der Waals surface area contributed by atoms with E-state index in [0.29, 0.717) is 17.6 Å². The smallest absolute Gasteiger partial charge is 0.238 e. The Balaban J connectivity index is 1.09. The summed E-state index contributed by atoms with van der Waals surface area (Å²) in [6.45, 7) is 2.19. The minimum Gasteiger partial charge on any atom is -0.456 e. The fourth-order valence-corrected chi connectivity index (χ4v) is 8.88. The Bertz CT molecular complexity index is 3530. The number of furan rings is 1. The number of para-hydroxylation sites is 3. The van der Waals surface area contributed by atoms with Crippen molar-refractivity contribution in [3.05, 3.63) is 188 Å². The second kappa shape index (κ2) is 12.6. The second-order valence-electron chi connectivity index (χ2n) is 14.9. The number of hydrogen-bond acceptors (Lipinski definition) is 4. The fourth-order valence-electron chi connectivity index (χ4n) is 8.88. The molecule has 0 aliphatic heterocycles. The highest BCUT2D eigenvalue weighted by Crippen LogP contribution is 2.41. The van der Waals surface area contributed by atoms with E-state index in [1.165, 1.54) is 21.9 Å². The molecule has 6 heteroatoms. The molecule has 0 aliphatic carbocycles. The predicted octanol–water partition coefficient (Wildman–Crippen LogP) is 13.3. The van der Waals surface area contributed by atoms with Crippen LogP contribution in [0.25, 0.3) is 111 Å². The van der Waals surface area contributed by atoms with Crippen molar-refractivity contribution >= 4 is 65.6 Å². The van der Waals surface area contributed by atoms with E-state index in [0.717, 1.165) is 77.2 Å². The quantitative estimate of drug-likeness (QED) is 0.176. The molecule has 0 fully saturated rings. The van der Waals surface area contributed by atoms with Crippen LogP contribution in [0.4, 0.5) is 0 Å². The van der Waals surface area contributed by atoms with Gasteiger partial charge in [-0.05, 0) is 60.0 Å². The number of rotatable bonds is 5. The maximum absolute atomic E-state index is 6.77. The van der Waals surface area contributed by atoms with Crippen molar-refractivity contribution in [1.82, 2.24) is 24.1 Å². The minimum absolute atomic E-state index is 0.561. The summed E-state index contributed by atoms with van der Waals surface area (Å²) in [7, 11) is 0. The number of nitrogens with zero attached hydrogens (tertiary/aromatic N) is 5. The first-order valence-electron chi connectivity index (χ1n) is 19.5. The van der Waals surface area contributed by atoms with Crippen molar-refractivity contribution in [2.24, 2.45) is 0 Å². The Morgan fingerprint density at radius 3 is 1.67 bits per heavy atom. The molecule has 58 heavy (non-hydrogen) atoms. The molecule has 0 N–H and O–H groups in total. The topological polar surface area (TPSA) is 61.7 Å². The van der Waals surface area contributed by atoms with E-state index in [-0.39, 0.29) is 0 Å². The van der Waals surface area contributed by atoms with Crippen molar-refractivity contribution in [2.45, 2.75) is 6.92 Å². The monoisotopic (exact) mass is 743 g/mol. The van der Waals surface area contributed by atoms with Gasteiger partial charge in [-0.3, -0.25) is 4.57 Å². The summed E-state index contributed by atoms with van der Waals surface area (Å²) >= 11 is 0. The highest BCUT2D eigenvalue weighted by Gasteiger charge is 2.22. The molecule has 4 aromatic heterocycles. The van der Waals surface area contributed by atoms with Gasteiger partial charge in [0.05, 0.1) is 27.8 Å². The zero-order chi connectivity index (χ0) is 38.3. The predicted molar refractivity (Wildman–Crippen MR) is 237 cm³/mol. The minimum atomic E-state index is 0.561. The van der Waals surface area contributed by atoms with E-state index in [9.17, 15) is 0 Å². The molecule has 0 spiro atoms. The SMILES string of the molecule is Cc1cc2c(cc1-n1c3ccccc3c3ccc(-c4ccccc4)cc31)oc1cccc(-c3nc(-c4ccccc4)nc(-n4c5ccccc5c5ccccc54)n3)c12. The van der Waals surface area contributed by atoms with Crippen LogP contribution in [0.5, 0.6) is 0 Å². The van der Waals surface area contributed by atoms with Crippen molar-refractivity contribution in [1.29, 1.82) is 0 Å². The molecule has 0 bridgehead atoms. The van der Waals surface area contributed by atoms with Gasteiger partial charge in [-0.1, -0.05) is 140 Å². The van der Waals surface area contributed by atoms with Crippen LogP contribution in [-0.2, 0) is 0 Å². The highest BCUT2D eigenvalue weighted by atomic mass is 16.3. The first-order valence-corrected chi connectivity index (χ1v) is 19.5. The average molecular weight is 744 g/mol. The van der Waals surface area contributed by atoms with Gasteiger partial charge >= 0.3 is 0 Å². The molecule has 12 aromatic rings. The number of benzene rings is 8. The molecule has 0 atom stereocenters. The summed E-state index contributed by atoms with van der Waals surface area (Å²) in [5.74, 6) is 1.74. The molecule has 8 aromatic carbocycles. The van der Waals surface area contributed by atoms with E-state index in [1.54, 1.807) is 0 Å². The van der Waals surface area contributed by atoms with E-state index in [2.05, 4.69) is 156 Å². The maximum Gasteiger partial charge on any atom is 0.238 e. The standard InChI is InChI=1S/C52H33N5O/c1-32-29-41-48(31-45(32)56-42-23-11-8-21-38(42)39-28-27-35(30-46(39)56)33-15-4-2-5-16-33)58-47-26-14-22-40(49(41)47)51-53-50(34-17-6-3-7-18-34)54-52(55-51)57-43-24-12-9-19-36(43)37-20-10-13-25-44(37)57/h2-31H,1H3. The second-order valence-corrected chi connectivity index (χ2v) is 14.9. The van der Waals surface area contributed by atoms with Gasteiger partial charge in [0.25, 0.3) is 0 Å². The van der Waals surface area contributed by atoms with Crippen LogP contribution in [0.2, 0.25) is 0 Å². The lowest BCUT2D eigenvalue weighted by molar-refractivity contribution is 0.668. The van der Waals surface area contributed by atoms with E-state index in [4.69, 9.17) is 19.4 Å². The number of aromatic nitrogens is 5. The third kappa shape index (κ3) is 4.88. The Labute approximate surface area is 332 Å². The zero-order valence-corrected chi connectivity index (χ0v) is 31.5. The fraction of sp³-hybridized carbons (Fsp3) is 0.0192. The lowest BCUT2D eigenvalue weighted by atomic mass is 10.0. The Hall–Kier alpha value is -7.83. The number of aryl methyl sites for hydroxylation is 1. The molecule has 0 amide bonds. The van der Waals surface area contributed by atoms with Gasteiger partial charge in [0.2, 0.25) is 5.95 Å². The summed E-state index contributed by atoms with van der Waals surface area (Å²) in [6, 6.07) is 63.6. The van der Waals surface area contributed by atoms with Gasteiger partial charge in [-0.15, -0.1) is 0 Å². The van der Waals surface area contributed by atoms with Crippen LogP contribution in [0.1, 0.15) is 5.56 Å². The molecule has 0 saturated carbocycles. The van der Waals surface area contributed by atoms with Gasteiger partial charge in [0, 0.05) is 49.5 Å². The first kappa shape index (κ1) is 32.4. The Kier molecular flexibility index (Phi) is 7.04. The highest BCUT2D eigenvalue weighted by molar-refractivity contribution is 6.14. The van der Waals surface area contributed by atoms with Crippen LogP contribution in [0, 0.1) is 6.92 Å². The molecular weight excluding hydrogens is 711 g/mol. The van der Waals surface area contributed by atoms with Crippen LogP contribution in [0.15, 0.2) is 186 Å². The summed E-state index contributed by atoms with van der Waals surface area (Å²) < 4.78 is 11.3. The van der Waals surface area contributed by atoms with Gasteiger partial charge in [0.1, 0.15) is 11.2 Å². The van der Waals surface area contributed by atoms with Gasteiger partial charge < -0.3 is 8.98 Å². The van der Waals surface area contributed by atoms with E-state index in [1.807, 2.05) is 42.5 Å². The lowest BCUT2D eigenvalue weighted by Gasteiger charge is -2.13. The molecule has 4 heterocycles. The third-order valence-corrected chi connectivity index (χ3v) is 11.5. The number of fused-ring (bicyclic) bond motifs is 9. The Morgan fingerprint density at radius 2 is 0.983 bits per heavy atom. The number of hydrogen-bond donors (Lipinski definition) is 0. The van der Waals surface area contributed by atoms with Gasteiger partial charge in [-0.2, -0.15) is 9.97 Å². The van der Waals surface area contributed by atoms with Gasteiger partial charge in [0.15, 0.2) is 11.6 Å². The van der Waals surface area contributed by atoms with Crippen LogP contribution < -0.4 is 0 Å². The molecule has 12 rings (SSSR count). The van der Waals surface area contributed by atoms with E-state index < -0.39 is 0 Å². The molecule has 272 valence electrons. The first-order chi connectivity index (χ1) is 28.7. The van der Waals surface area contributed by atoms with Crippen molar-refractivity contribution in [3.63, 3.8) is 0 Å². The summed E-state index contributed by atoms with van der Waals surface area (Å²) in [5.41, 5.74) is 12.3. The largest absolute Gasteiger partial charge is 0.456 e. The molecule has 0 unspecified atom stereocenters. The molecule has 0 aliphatic rings. The molecule has 0 radical (unpaired) electrons. The summed E-state index contributed by atoms with van der Waals surface area (Å²) in [6.07, 6.45) is 0. The normalized spacial score (nSPS) is 11.9. The van der Waals surface area contributed by atoms with Crippen LogP contribution in [-0.4, -0.2) is 24.1 Å². The molecule has 0 saturated heterocycles. The third-order valence-electron chi connectivity index (χ3n) is 11.5. The maximum atomic E-state index is 6.77. The summed E-state index contributed by atoms with van der Waals surface area (Å²) in [5, 5.41) is 6.71. The van der Waals surface area contributed by atoms with Crippen LogP contribution >= 0.6 is 0 Å². The van der Waals surface area contributed by atoms with Crippen molar-refractivity contribution < 1.29 is 4.42 Å². The van der Waals surface area contributed by atoms with Gasteiger partial charge in [-0.25, -0.2) is 4.98 Å². The average Bonchev–Trinajstić information content (AvgIpc) is 3.93. The molecule has 6 nitrogen and oxygen atoms in total. The Morgan fingerprint density at radius 1 is 0.397 bits per heavy atom.